The molecule has 0 aromatic heterocycles. The van der Waals surface area contributed by atoms with Crippen molar-refractivity contribution < 1.29 is 4.79 Å². The zero-order valence-electron chi connectivity index (χ0n) is 16.7. The maximum atomic E-state index is 11.9. The standard InChI is InChI=1S/C22H30N4O/c1-16(2)11-21(27)26-20-10-6-9-19(13-20)15-25-22(23-4)24-14-18-8-5-7-17(3)12-18/h5-10,12-13,16H,11,14-15H2,1-4H3,(H,26,27)(H2,23,24,25). The fraction of sp³-hybridized carbons (Fsp3) is 0.364. The molecule has 0 bridgehead atoms. The molecule has 0 unspecified atom stereocenters. The van der Waals surface area contributed by atoms with Gasteiger partial charge in [-0.05, 0) is 36.1 Å². The van der Waals surface area contributed by atoms with E-state index in [1.165, 1.54) is 11.1 Å². The second kappa shape index (κ2) is 10.4. The minimum atomic E-state index is 0.0470. The molecule has 0 atom stereocenters. The van der Waals surface area contributed by atoms with E-state index >= 15 is 0 Å². The summed E-state index contributed by atoms with van der Waals surface area (Å²) in [5, 5.41) is 9.58. The Morgan fingerprint density at radius 1 is 1.00 bits per heavy atom. The molecule has 5 heteroatoms. The number of hydrogen-bond acceptors (Lipinski definition) is 2. The molecule has 0 heterocycles. The van der Waals surface area contributed by atoms with Crippen LogP contribution < -0.4 is 16.0 Å². The second-order valence-electron chi connectivity index (χ2n) is 7.11. The van der Waals surface area contributed by atoms with E-state index in [0.29, 0.717) is 25.4 Å². The Morgan fingerprint density at radius 2 is 1.63 bits per heavy atom. The minimum Gasteiger partial charge on any atom is -0.352 e. The lowest BCUT2D eigenvalue weighted by atomic mass is 10.1. The van der Waals surface area contributed by atoms with Gasteiger partial charge in [-0.15, -0.1) is 0 Å². The maximum Gasteiger partial charge on any atom is 0.224 e. The van der Waals surface area contributed by atoms with Crippen LogP contribution in [0.5, 0.6) is 0 Å². The van der Waals surface area contributed by atoms with E-state index in [0.717, 1.165) is 17.2 Å². The van der Waals surface area contributed by atoms with Gasteiger partial charge >= 0.3 is 0 Å². The maximum absolute atomic E-state index is 11.9. The first-order valence-corrected chi connectivity index (χ1v) is 9.35. The van der Waals surface area contributed by atoms with Crippen LogP contribution in [0.4, 0.5) is 5.69 Å². The van der Waals surface area contributed by atoms with Gasteiger partial charge in [0.25, 0.3) is 0 Å². The first-order chi connectivity index (χ1) is 13.0. The van der Waals surface area contributed by atoms with Gasteiger partial charge in [0.1, 0.15) is 0 Å². The van der Waals surface area contributed by atoms with Crippen molar-refractivity contribution in [2.75, 3.05) is 12.4 Å². The lowest BCUT2D eigenvalue weighted by Crippen LogP contribution is -2.36. The third-order valence-electron chi connectivity index (χ3n) is 4.03. The molecule has 5 nitrogen and oxygen atoms in total. The fourth-order valence-corrected chi connectivity index (χ4v) is 2.76. The van der Waals surface area contributed by atoms with Crippen LogP contribution >= 0.6 is 0 Å². The van der Waals surface area contributed by atoms with Crippen molar-refractivity contribution in [2.24, 2.45) is 10.9 Å². The lowest BCUT2D eigenvalue weighted by Gasteiger charge is -2.13. The van der Waals surface area contributed by atoms with E-state index in [2.05, 4.69) is 52.1 Å². The lowest BCUT2D eigenvalue weighted by molar-refractivity contribution is -0.116. The molecule has 0 saturated carbocycles. The van der Waals surface area contributed by atoms with Crippen molar-refractivity contribution in [2.45, 2.75) is 40.3 Å². The van der Waals surface area contributed by atoms with Crippen molar-refractivity contribution in [1.82, 2.24) is 10.6 Å². The predicted octanol–water partition coefficient (Wildman–Crippen LogP) is 3.84. The van der Waals surface area contributed by atoms with Gasteiger partial charge in [0.05, 0.1) is 0 Å². The number of guanidine groups is 1. The first kappa shape index (κ1) is 20.5. The van der Waals surface area contributed by atoms with Gasteiger partial charge in [-0.3, -0.25) is 9.79 Å². The van der Waals surface area contributed by atoms with Gasteiger partial charge in [-0.2, -0.15) is 0 Å². The molecule has 0 saturated heterocycles. The first-order valence-electron chi connectivity index (χ1n) is 9.35. The van der Waals surface area contributed by atoms with Crippen molar-refractivity contribution in [3.8, 4) is 0 Å². The zero-order valence-corrected chi connectivity index (χ0v) is 16.7. The highest BCUT2D eigenvalue weighted by Gasteiger charge is 2.06. The monoisotopic (exact) mass is 366 g/mol. The molecule has 3 N–H and O–H groups in total. The molecule has 144 valence electrons. The highest BCUT2D eigenvalue weighted by atomic mass is 16.1. The third-order valence-corrected chi connectivity index (χ3v) is 4.03. The summed E-state index contributed by atoms with van der Waals surface area (Å²) >= 11 is 0. The Labute approximate surface area is 162 Å². The van der Waals surface area contributed by atoms with Gasteiger partial charge in [0.2, 0.25) is 5.91 Å². The average molecular weight is 367 g/mol. The second-order valence-corrected chi connectivity index (χ2v) is 7.11. The van der Waals surface area contributed by atoms with Crippen molar-refractivity contribution in [3.63, 3.8) is 0 Å². The topological polar surface area (TPSA) is 65.5 Å². The molecule has 27 heavy (non-hydrogen) atoms. The number of nitrogens with one attached hydrogen (secondary N) is 3. The van der Waals surface area contributed by atoms with Crippen LogP contribution in [0.15, 0.2) is 53.5 Å². The van der Waals surface area contributed by atoms with E-state index in [1.54, 1.807) is 7.05 Å². The van der Waals surface area contributed by atoms with E-state index in [4.69, 9.17) is 0 Å². The summed E-state index contributed by atoms with van der Waals surface area (Å²) in [5.74, 6) is 1.13. The van der Waals surface area contributed by atoms with Gasteiger partial charge in [-0.1, -0.05) is 55.8 Å². The SMILES string of the molecule is CN=C(NCc1cccc(C)c1)NCc1cccc(NC(=O)CC(C)C)c1. The Balaban J connectivity index is 1.87. The summed E-state index contributed by atoms with van der Waals surface area (Å²) in [6, 6.07) is 16.3. The molecule has 0 radical (unpaired) electrons. The quantitative estimate of drug-likeness (QED) is 0.515. The number of benzene rings is 2. The summed E-state index contributed by atoms with van der Waals surface area (Å²) in [6.45, 7) is 7.50. The smallest absolute Gasteiger partial charge is 0.224 e. The van der Waals surface area contributed by atoms with Crippen LogP contribution in [-0.4, -0.2) is 18.9 Å². The van der Waals surface area contributed by atoms with E-state index < -0.39 is 0 Å². The highest BCUT2D eigenvalue weighted by Crippen LogP contribution is 2.12. The molecule has 1 amide bonds. The van der Waals surface area contributed by atoms with Crippen molar-refractivity contribution in [3.05, 3.63) is 65.2 Å². The molecule has 0 aliphatic heterocycles. The number of carbonyl (C=O) groups is 1. The summed E-state index contributed by atoms with van der Waals surface area (Å²) in [4.78, 5) is 16.2. The number of anilines is 1. The molecular formula is C22H30N4O. The average Bonchev–Trinajstić information content (AvgIpc) is 2.61. The molecule has 0 aliphatic carbocycles. The summed E-state index contributed by atoms with van der Waals surface area (Å²) in [7, 11) is 1.76. The number of nitrogens with zero attached hydrogens (tertiary/aromatic N) is 1. The van der Waals surface area contributed by atoms with Crippen LogP contribution in [0.2, 0.25) is 0 Å². The Bertz CT molecular complexity index is 783. The fourth-order valence-electron chi connectivity index (χ4n) is 2.76. The van der Waals surface area contributed by atoms with Crippen LogP contribution in [0.3, 0.4) is 0 Å². The highest BCUT2D eigenvalue weighted by molar-refractivity contribution is 5.90. The molecular weight excluding hydrogens is 336 g/mol. The van der Waals surface area contributed by atoms with Gasteiger partial charge in [-0.25, -0.2) is 0 Å². The largest absolute Gasteiger partial charge is 0.352 e. The van der Waals surface area contributed by atoms with Crippen molar-refractivity contribution in [1.29, 1.82) is 0 Å². The number of aliphatic imine (C=N–C) groups is 1. The number of carbonyl (C=O) groups excluding carboxylic acids is 1. The van der Waals surface area contributed by atoms with Crippen LogP contribution in [0.25, 0.3) is 0 Å². The predicted molar refractivity (Wildman–Crippen MR) is 113 cm³/mol. The summed E-state index contributed by atoms with van der Waals surface area (Å²) in [6.07, 6.45) is 0.526. The Hall–Kier alpha value is -2.82. The molecule has 0 aliphatic rings. The number of aryl methyl sites for hydroxylation is 1. The summed E-state index contributed by atoms with van der Waals surface area (Å²) in [5.41, 5.74) is 4.36. The van der Waals surface area contributed by atoms with E-state index in [-0.39, 0.29) is 5.91 Å². The van der Waals surface area contributed by atoms with Crippen LogP contribution in [-0.2, 0) is 17.9 Å². The number of hydrogen-bond donors (Lipinski definition) is 3. The minimum absolute atomic E-state index is 0.0470. The van der Waals surface area contributed by atoms with E-state index in [1.807, 2.05) is 38.1 Å². The van der Waals surface area contributed by atoms with Gasteiger partial charge < -0.3 is 16.0 Å². The van der Waals surface area contributed by atoms with Crippen LogP contribution in [0, 0.1) is 12.8 Å². The van der Waals surface area contributed by atoms with Crippen molar-refractivity contribution >= 4 is 17.6 Å². The number of rotatable bonds is 7. The molecule has 2 aromatic rings. The Kier molecular flexibility index (Phi) is 7.86. The molecule has 0 fully saturated rings. The summed E-state index contributed by atoms with van der Waals surface area (Å²) < 4.78 is 0. The normalized spacial score (nSPS) is 11.4. The zero-order chi connectivity index (χ0) is 19.6. The molecule has 2 aromatic carbocycles. The van der Waals surface area contributed by atoms with E-state index in [9.17, 15) is 4.79 Å². The van der Waals surface area contributed by atoms with Gasteiger partial charge in [0, 0.05) is 32.2 Å². The molecule has 2 rings (SSSR count). The van der Waals surface area contributed by atoms with Crippen LogP contribution in [0.1, 0.15) is 37.0 Å². The third kappa shape index (κ3) is 7.52. The van der Waals surface area contributed by atoms with Gasteiger partial charge in [0.15, 0.2) is 5.96 Å². The number of amides is 1. The Morgan fingerprint density at radius 3 is 2.22 bits per heavy atom. The molecule has 0 spiro atoms.